The van der Waals surface area contributed by atoms with Crippen LogP contribution in [-0.4, -0.2) is 11.1 Å². The second-order valence-corrected chi connectivity index (χ2v) is 5.51. The van der Waals surface area contributed by atoms with Crippen molar-refractivity contribution >= 4 is 5.69 Å². The van der Waals surface area contributed by atoms with Crippen LogP contribution in [0.1, 0.15) is 51.0 Å². The van der Waals surface area contributed by atoms with Gasteiger partial charge in [-0.25, -0.2) is 0 Å². The fourth-order valence-corrected chi connectivity index (χ4v) is 3.00. The number of nitrogens with one attached hydrogen (secondary N) is 1. The molecule has 1 aliphatic carbocycles. The van der Waals surface area contributed by atoms with Gasteiger partial charge in [-0.3, -0.25) is 0 Å². The molecule has 0 aromatic heterocycles. The van der Waals surface area contributed by atoms with E-state index in [0.29, 0.717) is 6.04 Å². The number of anilines is 1. The molecule has 0 saturated heterocycles. The average Bonchev–Trinajstić information content (AvgIpc) is 2.42. The highest BCUT2D eigenvalue weighted by Gasteiger charge is 2.20. The normalized spacial score (nSPS) is 23.9. The van der Waals surface area contributed by atoms with Gasteiger partial charge in [0, 0.05) is 11.7 Å². The van der Waals surface area contributed by atoms with E-state index in [2.05, 4.69) is 24.4 Å². The Kier molecular flexibility index (Phi) is 5.06. The van der Waals surface area contributed by atoms with Gasteiger partial charge in [0.15, 0.2) is 0 Å². The van der Waals surface area contributed by atoms with Gasteiger partial charge in [-0.1, -0.05) is 31.9 Å². The molecular weight excluding hydrogens is 222 g/mol. The number of benzene rings is 1. The Hall–Kier alpha value is -1.02. The predicted octanol–water partition coefficient (Wildman–Crippen LogP) is 3.95. The van der Waals surface area contributed by atoms with Crippen LogP contribution in [0.5, 0.6) is 0 Å². The van der Waals surface area contributed by atoms with E-state index in [4.69, 9.17) is 5.11 Å². The van der Waals surface area contributed by atoms with E-state index in [-0.39, 0.29) is 6.61 Å². The maximum absolute atomic E-state index is 9.13. The summed E-state index contributed by atoms with van der Waals surface area (Å²) in [5.74, 6) is 0.955. The lowest BCUT2D eigenvalue weighted by molar-refractivity contribution is 0.282. The first-order valence-corrected chi connectivity index (χ1v) is 7.28. The lowest BCUT2D eigenvalue weighted by Gasteiger charge is -2.29. The second-order valence-electron chi connectivity index (χ2n) is 5.51. The van der Waals surface area contributed by atoms with E-state index >= 15 is 0 Å². The number of aliphatic hydroxyl groups is 1. The van der Waals surface area contributed by atoms with Crippen LogP contribution in [0.2, 0.25) is 0 Å². The molecule has 2 heteroatoms. The van der Waals surface area contributed by atoms with E-state index in [9.17, 15) is 0 Å². The molecule has 0 spiro atoms. The van der Waals surface area contributed by atoms with Crippen LogP contribution < -0.4 is 5.32 Å². The van der Waals surface area contributed by atoms with Crippen molar-refractivity contribution in [3.05, 3.63) is 29.8 Å². The Labute approximate surface area is 110 Å². The van der Waals surface area contributed by atoms with Crippen molar-refractivity contribution in [2.75, 3.05) is 5.32 Å². The van der Waals surface area contributed by atoms with Gasteiger partial charge < -0.3 is 10.4 Å². The Morgan fingerprint density at radius 2 is 2.00 bits per heavy atom. The number of aliphatic hydroxyl groups excluding tert-OH is 1. The van der Waals surface area contributed by atoms with Crippen LogP contribution in [-0.2, 0) is 6.61 Å². The van der Waals surface area contributed by atoms with E-state index in [0.717, 1.165) is 17.2 Å². The average molecular weight is 247 g/mol. The highest BCUT2D eigenvalue weighted by molar-refractivity contribution is 5.46. The Morgan fingerprint density at radius 1 is 1.22 bits per heavy atom. The molecule has 0 aliphatic heterocycles. The largest absolute Gasteiger partial charge is 0.392 e. The van der Waals surface area contributed by atoms with Crippen molar-refractivity contribution in [2.24, 2.45) is 5.92 Å². The van der Waals surface area contributed by atoms with Gasteiger partial charge in [0.25, 0.3) is 0 Å². The molecule has 2 nitrogen and oxygen atoms in total. The molecule has 1 saturated carbocycles. The smallest absolute Gasteiger partial charge is 0.0682 e. The Morgan fingerprint density at radius 3 is 2.67 bits per heavy atom. The summed E-state index contributed by atoms with van der Waals surface area (Å²) in [7, 11) is 0. The monoisotopic (exact) mass is 247 g/mol. The molecule has 2 rings (SSSR count). The van der Waals surface area contributed by atoms with Gasteiger partial charge in [0.05, 0.1) is 6.61 Å². The van der Waals surface area contributed by atoms with Crippen LogP contribution >= 0.6 is 0 Å². The molecule has 100 valence electrons. The lowest BCUT2D eigenvalue weighted by atomic mass is 9.83. The molecule has 1 aromatic carbocycles. The van der Waals surface area contributed by atoms with Crippen LogP contribution in [0.4, 0.5) is 5.69 Å². The number of hydrogen-bond donors (Lipinski definition) is 2. The molecule has 18 heavy (non-hydrogen) atoms. The fraction of sp³-hybridized carbons (Fsp3) is 0.625. The predicted molar refractivity (Wildman–Crippen MR) is 76.6 cm³/mol. The SMILES string of the molecule is CCCC1CCC(Nc2cccc(CO)c2)CC1. The lowest BCUT2D eigenvalue weighted by Crippen LogP contribution is -2.26. The maximum atomic E-state index is 9.13. The summed E-state index contributed by atoms with van der Waals surface area (Å²) in [6.07, 6.45) is 8.02. The van der Waals surface area contributed by atoms with Gasteiger partial charge in [0.1, 0.15) is 0 Å². The third kappa shape index (κ3) is 3.74. The first-order chi connectivity index (χ1) is 8.81. The molecule has 0 unspecified atom stereocenters. The molecule has 0 heterocycles. The first kappa shape index (κ1) is 13.4. The van der Waals surface area contributed by atoms with E-state index in [1.54, 1.807) is 0 Å². The molecule has 0 amide bonds. The van der Waals surface area contributed by atoms with Crippen molar-refractivity contribution in [3.63, 3.8) is 0 Å². The van der Waals surface area contributed by atoms with Gasteiger partial charge in [-0.2, -0.15) is 0 Å². The fourth-order valence-electron chi connectivity index (χ4n) is 3.00. The second kappa shape index (κ2) is 6.79. The molecular formula is C16H25NO. The van der Waals surface area contributed by atoms with Crippen LogP contribution in [0.15, 0.2) is 24.3 Å². The molecule has 0 radical (unpaired) electrons. The molecule has 0 atom stereocenters. The van der Waals surface area contributed by atoms with Gasteiger partial charge in [-0.15, -0.1) is 0 Å². The van der Waals surface area contributed by atoms with E-state index in [1.807, 2.05) is 12.1 Å². The minimum Gasteiger partial charge on any atom is -0.392 e. The zero-order valence-electron chi connectivity index (χ0n) is 11.4. The van der Waals surface area contributed by atoms with Crippen molar-refractivity contribution in [1.82, 2.24) is 0 Å². The van der Waals surface area contributed by atoms with E-state index in [1.165, 1.54) is 38.5 Å². The van der Waals surface area contributed by atoms with Crippen LogP contribution in [0.25, 0.3) is 0 Å². The number of rotatable bonds is 5. The van der Waals surface area contributed by atoms with Crippen molar-refractivity contribution in [2.45, 2.75) is 58.1 Å². The number of hydrogen-bond acceptors (Lipinski definition) is 2. The third-order valence-electron chi connectivity index (χ3n) is 4.02. The third-order valence-corrected chi connectivity index (χ3v) is 4.02. The maximum Gasteiger partial charge on any atom is 0.0682 e. The van der Waals surface area contributed by atoms with E-state index < -0.39 is 0 Å². The van der Waals surface area contributed by atoms with Crippen molar-refractivity contribution < 1.29 is 5.11 Å². The molecule has 1 aliphatic rings. The standard InChI is InChI=1S/C16H25NO/c1-2-4-13-7-9-15(10-8-13)17-16-6-3-5-14(11-16)12-18/h3,5-6,11,13,15,17-18H,2,4,7-10,12H2,1H3. The summed E-state index contributed by atoms with van der Waals surface area (Å²) >= 11 is 0. The van der Waals surface area contributed by atoms with Crippen molar-refractivity contribution in [1.29, 1.82) is 0 Å². The topological polar surface area (TPSA) is 32.3 Å². The summed E-state index contributed by atoms with van der Waals surface area (Å²) in [5.41, 5.74) is 2.14. The Bertz CT molecular complexity index is 356. The summed E-state index contributed by atoms with van der Waals surface area (Å²) in [6, 6.07) is 8.74. The minimum absolute atomic E-state index is 0.124. The Balaban J connectivity index is 1.83. The summed E-state index contributed by atoms with van der Waals surface area (Å²) in [5, 5.41) is 12.7. The van der Waals surface area contributed by atoms with Crippen molar-refractivity contribution in [3.8, 4) is 0 Å². The summed E-state index contributed by atoms with van der Waals surface area (Å²) in [4.78, 5) is 0. The van der Waals surface area contributed by atoms with Gasteiger partial charge >= 0.3 is 0 Å². The molecule has 0 bridgehead atoms. The molecule has 1 fully saturated rings. The quantitative estimate of drug-likeness (QED) is 0.825. The zero-order chi connectivity index (χ0) is 12.8. The van der Waals surface area contributed by atoms with Gasteiger partial charge in [-0.05, 0) is 49.3 Å². The van der Waals surface area contributed by atoms with Gasteiger partial charge in [0.2, 0.25) is 0 Å². The molecule has 1 aromatic rings. The van der Waals surface area contributed by atoms with Crippen LogP contribution in [0, 0.1) is 5.92 Å². The first-order valence-electron chi connectivity index (χ1n) is 7.28. The molecule has 2 N–H and O–H groups in total. The summed E-state index contributed by atoms with van der Waals surface area (Å²) in [6.45, 7) is 2.41. The van der Waals surface area contributed by atoms with Crippen LogP contribution in [0.3, 0.4) is 0 Å². The highest BCUT2D eigenvalue weighted by atomic mass is 16.3. The minimum atomic E-state index is 0.124. The highest BCUT2D eigenvalue weighted by Crippen LogP contribution is 2.29. The summed E-state index contributed by atoms with van der Waals surface area (Å²) < 4.78 is 0. The zero-order valence-corrected chi connectivity index (χ0v) is 11.4.